The van der Waals surface area contributed by atoms with Crippen LogP contribution in [0.4, 0.5) is 5.69 Å². The minimum Gasteiger partial charge on any atom is -0.398 e. The Hall–Kier alpha value is -0.720. The Morgan fingerprint density at radius 3 is 2.67 bits per heavy atom. The van der Waals surface area contributed by atoms with E-state index in [1.165, 1.54) is 0 Å². The number of nitrogens with two attached hydrogens (primary N) is 1. The van der Waals surface area contributed by atoms with Gasteiger partial charge >= 0.3 is 0 Å². The highest BCUT2D eigenvalue weighted by Gasteiger charge is 2.19. The third kappa shape index (κ3) is 3.90. The Balaban J connectivity index is 2.81. The highest BCUT2D eigenvalue weighted by molar-refractivity contribution is 7.99. The number of aryl methyl sites for hydroxylation is 1. The van der Waals surface area contributed by atoms with E-state index in [1.807, 2.05) is 6.26 Å². The van der Waals surface area contributed by atoms with Gasteiger partial charge in [-0.3, -0.25) is 0 Å². The van der Waals surface area contributed by atoms with Gasteiger partial charge in [0.25, 0.3) is 0 Å². The molecule has 0 saturated heterocycles. The molecule has 1 rings (SSSR count). The van der Waals surface area contributed by atoms with Gasteiger partial charge in [-0.25, -0.2) is 13.1 Å². The van der Waals surface area contributed by atoms with Gasteiger partial charge in [0.2, 0.25) is 10.0 Å². The van der Waals surface area contributed by atoms with Crippen LogP contribution in [-0.4, -0.2) is 26.5 Å². The molecule has 6 heteroatoms. The number of hydrogen-bond donors (Lipinski definition) is 2. The van der Waals surface area contributed by atoms with Crippen LogP contribution in [0.5, 0.6) is 0 Å². The molecule has 0 aliphatic carbocycles. The van der Waals surface area contributed by atoms with Crippen LogP contribution in [0.2, 0.25) is 0 Å². The summed E-state index contributed by atoms with van der Waals surface area (Å²) in [7, 11) is -3.51. The fraction of sp³-hybridized carbons (Fsp3) is 0.500. The number of anilines is 1. The van der Waals surface area contributed by atoms with Crippen LogP contribution in [-0.2, 0) is 10.0 Å². The lowest BCUT2D eigenvalue weighted by molar-refractivity contribution is 0.579. The zero-order valence-electron chi connectivity index (χ0n) is 10.9. The van der Waals surface area contributed by atoms with E-state index in [9.17, 15) is 8.42 Å². The minimum absolute atomic E-state index is 0.196. The van der Waals surface area contributed by atoms with Crippen LogP contribution < -0.4 is 10.5 Å². The highest BCUT2D eigenvalue weighted by Crippen LogP contribution is 2.22. The van der Waals surface area contributed by atoms with Crippen molar-refractivity contribution in [2.45, 2.75) is 30.4 Å². The van der Waals surface area contributed by atoms with Gasteiger partial charge in [0.15, 0.2) is 0 Å². The SMILES string of the molecule is CSC(C)CCNS(=O)(=O)c1c(C)cccc1N. The van der Waals surface area contributed by atoms with Crippen LogP contribution in [0, 0.1) is 6.92 Å². The van der Waals surface area contributed by atoms with Gasteiger partial charge < -0.3 is 5.73 Å². The molecule has 0 aliphatic rings. The second kappa shape index (κ2) is 6.45. The van der Waals surface area contributed by atoms with Crippen molar-refractivity contribution < 1.29 is 8.42 Å². The molecule has 3 N–H and O–H groups in total. The predicted molar refractivity (Wildman–Crippen MR) is 78.4 cm³/mol. The average molecular weight is 288 g/mol. The summed E-state index contributed by atoms with van der Waals surface area (Å²) in [4.78, 5) is 0.196. The van der Waals surface area contributed by atoms with Crippen molar-refractivity contribution in [3.8, 4) is 0 Å². The molecule has 1 aromatic carbocycles. The number of sulfonamides is 1. The Labute approximate surface area is 113 Å². The van der Waals surface area contributed by atoms with E-state index in [2.05, 4.69) is 11.6 Å². The maximum Gasteiger partial charge on any atom is 0.242 e. The van der Waals surface area contributed by atoms with Crippen LogP contribution in [0.1, 0.15) is 18.9 Å². The fourth-order valence-corrected chi connectivity index (χ4v) is 3.38. The lowest BCUT2D eigenvalue weighted by Crippen LogP contribution is -2.27. The summed E-state index contributed by atoms with van der Waals surface area (Å²) >= 11 is 1.72. The first-order chi connectivity index (χ1) is 8.38. The van der Waals surface area contributed by atoms with Crippen molar-refractivity contribution in [2.24, 2.45) is 0 Å². The fourth-order valence-electron chi connectivity index (χ4n) is 1.63. The number of nitrogen functional groups attached to an aromatic ring is 1. The van der Waals surface area contributed by atoms with Gasteiger partial charge in [0.1, 0.15) is 4.90 Å². The molecule has 0 bridgehead atoms. The Bertz CT molecular complexity index is 481. The van der Waals surface area contributed by atoms with Gasteiger partial charge in [-0.1, -0.05) is 19.1 Å². The first kappa shape index (κ1) is 15.3. The molecule has 0 fully saturated rings. The molecule has 0 radical (unpaired) electrons. The summed E-state index contributed by atoms with van der Waals surface area (Å²) < 4.78 is 26.9. The lowest BCUT2D eigenvalue weighted by Gasteiger charge is -2.13. The monoisotopic (exact) mass is 288 g/mol. The summed E-state index contributed by atoms with van der Waals surface area (Å²) in [6.07, 6.45) is 2.81. The quantitative estimate of drug-likeness (QED) is 0.785. The average Bonchev–Trinajstić information content (AvgIpc) is 2.27. The standard InChI is InChI=1S/C12H20N2O2S2/c1-9-5-4-6-11(13)12(9)18(15,16)14-8-7-10(2)17-3/h4-6,10,14H,7-8,13H2,1-3H3. The van der Waals surface area contributed by atoms with Crippen molar-refractivity contribution >= 4 is 27.5 Å². The summed E-state index contributed by atoms with van der Waals surface area (Å²) in [5.41, 5.74) is 6.70. The molecule has 1 aromatic rings. The molecular weight excluding hydrogens is 268 g/mol. The molecule has 102 valence electrons. The van der Waals surface area contributed by atoms with Gasteiger partial charge in [0, 0.05) is 11.8 Å². The molecule has 18 heavy (non-hydrogen) atoms. The van der Waals surface area contributed by atoms with Crippen LogP contribution in [0.15, 0.2) is 23.1 Å². The largest absolute Gasteiger partial charge is 0.398 e. The van der Waals surface area contributed by atoms with Crippen molar-refractivity contribution in [1.29, 1.82) is 0 Å². The first-order valence-electron chi connectivity index (χ1n) is 5.76. The lowest BCUT2D eigenvalue weighted by atomic mass is 10.2. The molecular formula is C12H20N2O2S2. The van der Waals surface area contributed by atoms with E-state index in [0.717, 1.165) is 6.42 Å². The van der Waals surface area contributed by atoms with E-state index >= 15 is 0 Å². The molecule has 0 saturated carbocycles. The van der Waals surface area contributed by atoms with E-state index < -0.39 is 10.0 Å². The van der Waals surface area contributed by atoms with E-state index in [1.54, 1.807) is 36.9 Å². The molecule has 0 heterocycles. The highest BCUT2D eigenvalue weighted by atomic mass is 32.2. The summed E-state index contributed by atoms with van der Waals surface area (Å²) in [6.45, 7) is 4.24. The Morgan fingerprint density at radius 2 is 2.11 bits per heavy atom. The number of hydrogen-bond acceptors (Lipinski definition) is 4. The molecule has 4 nitrogen and oxygen atoms in total. The maximum atomic E-state index is 12.1. The van der Waals surface area contributed by atoms with Crippen molar-refractivity contribution in [2.75, 3.05) is 18.5 Å². The van der Waals surface area contributed by atoms with Crippen LogP contribution in [0.3, 0.4) is 0 Å². The first-order valence-corrected chi connectivity index (χ1v) is 8.53. The number of thioether (sulfide) groups is 1. The van der Waals surface area contributed by atoms with E-state index in [4.69, 9.17) is 5.73 Å². The van der Waals surface area contributed by atoms with Gasteiger partial charge in [-0.05, 0) is 31.2 Å². The summed E-state index contributed by atoms with van der Waals surface area (Å²) in [6, 6.07) is 5.10. The number of nitrogens with one attached hydrogen (secondary N) is 1. The molecule has 0 aliphatic heterocycles. The van der Waals surface area contributed by atoms with Gasteiger partial charge in [-0.15, -0.1) is 0 Å². The van der Waals surface area contributed by atoms with Crippen LogP contribution >= 0.6 is 11.8 Å². The van der Waals surface area contributed by atoms with Crippen molar-refractivity contribution in [3.63, 3.8) is 0 Å². The zero-order valence-corrected chi connectivity index (χ0v) is 12.6. The molecule has 0 spiro atoms. The van der Waals surface area contributed by atoms with Crippen molar-refractivity contribution in [1.82, 2.24) is 4.72 Å². The number of rotatable bonds is 6. The predicted octanol–water partition coefficient (Wildman–Crippen LogP) is 2.00. The second-order valence-corrected chi connectivity index (χ2v) is 7.21. The topological polar surface area (TPSA) is 72.2 Å². The van der Waals surface area contributed by atoms with Crippen molar-refractivity contribution in [3.05, 3.63) is 23.8 Å². The second-order valence-electron chi connectivity index (χ2n) is 4.23. The minimum atomic E-state index is -3.51. The van der Waals surface area contributed by atoms with Gasteiger partial charge in [0.05, 0.1) is 5.69 Å². The smallest absolute Gasteiger partial charge is 0.242 e. The normalized spacial score (nSPS) is 13.5. The van der Waals surface area contributed by atoms with E-state index in [-0.39, 0.29) is 4.90 Å². The third-order valence-electron chi connectivity index (χ3n) is 2.76. The maximum absolute atomic E-state index is 12.1. The molecule has 1 atom stereocenters. The molecule has 1 unspecified atom stereocenters. The van der Waals surface area contributed by atoms with Gasteiger partial charge in [-0.2, -0.15) is 11.8 Å². The van der Waals surface area contributed by atoms with Crippen LogP contribution in [0.25, 0.3) is 0 Å². The molecule has 0 aromatic heterocycles. The third-order valence-corrected chi connectivity index (χ3v) is 5.48. The zero-order chi connectivity index (χ0) is 13.8. The summed E-state index contributed by atoms with van der Waals surface area (Å²) in [5, 5.41) is 0.432. The summed E-state index contributed by atoms with van der Waals surface area (Å²) in [5.74, 6) is 0. The Morgan fingerprint density at radius 1 is 1.44 bits per heavy atom. The number of benzene rings is 1. The Kier molecular flexibility index (Phi) is 5.49. The van der Waals surface area contributed by atoms with E-state index in [0.29, 0.717) is 23.0 Å². The molecule has 0 amide bonds.